The molecule has 2 rings (SSSR count). The molecule has 1 N–H and O–H groups in total. The van der Waals surface area contributed by atoms with Crippen molar-refractivity contribution in [2.45, 2.75) is 6.92 Å². The van der Waals surface area contributed by atoms with Crippen LogP contribution >= 0.6 is 0 Å². The van der Waals surface area contributed by atoms with Crippen LogP contribution in [0.1, 0.15) is 6.92 Å². The Kier molecular flexibility index (Phi) is 5.65. The highest BCUT2D eigenvalue weighted by Gasteiger charge is 2.30. The first-order valence-corrected chi connectivity index (χ1v) is 7.21. The molecule has 1 aliphatic rings. The molecule has 0 spiro atoms. The van der Waals surface area contributed by atoms with E-state index in [2.05, 4.69) is 9.97 Å². The summed E-state index contributed by atoms with van der Waals surface area (Å²) in [7, 11) is 0. The molecule has 1 amide bonds. The minimum atomic E-state index is -0.926. The Bertz CT molecular complexity index is 511. The number of carboxylic acid groups (broad SMARTS) is 1. The average Bonchev–Trinajstić information content (AvgIpc) is 2.77. The van der Waals surface area contributed by atoms with E-state index in [9.17, 15) is 14.7 Å². The van der Waals surface area contributed by atoms with Crippen LogP contribution in [-0.2, 0) is 14.3 Å². The third kappa shape index (κ3) is 4.14. The van der Waals surface area contributed by atoms with Gasteiger partial charge >= 0.3 is 5.97 Å². The van der Waals surface area contributed by atoms with Crippen LogP contribution in [0.5, 0.6) is 0 Å². The van der Waals surface area contributed by atoms with Crippen LogP contribution in [0.3, 0.4) is 0 Å². The van der Waals surface area contributed by atoms with E-state index < -0.39 is 11.9 Å². The van der Waals surface area contributed by atoms with E-state index in [4.69, 9.17) is 4.74 Å². The number of aliphatic carboxylic acids is 1. The summed E-state index contributed by atoms with van der Waals surface area (Å²) in [5.41, 5.74) is 0. The van der Waals surface area contributed by atoms with Gasteiger partial charge in [-0.1, -0.05) is 0 Å². The SMILES string of the molecule is CCOCC(=O)N1CCN(c2cnccn2)CC(C(=O)O)C1. The summed E-state index contributed by atoms with van der Waals surface area (Å²) >= 11 is 0. The van der Waals surface area contributed by atoms with Crippen molar-refractivity contribution in [2.24, 2.45) is 5.92 Å². The van der Waals surface area contributed by atoms with E-state index in [1.165, 1.54) is 0 Å². The average molecular weight is 308 g/mol. The second-order valence-electron chi connectivity index (χ2n) is 5.02. The van der Waals surface area contributed by atoms with E-state index >= 15 is 0 Å². The Labute approximate surface area is 128 Å². The molecule has 0 aromatic carbocycles. The maximum atomic E-state index is 12.1. The van der Waals surface area contributed by atoms with Crippen LogP contribution in [-0.4, -0.2) is 71.2 Å². The first-order chi connectivity index (χ1) is 10.6. The molecule has 1 fully saturated rings. The van der Waals surface area contributed by atoms with E-state index in [-0.39, 0.29) is 19.1 Å². The fraction of sp³-hybridized carbons (Fsp3) is 0.571. The summed E-state index contributed by atoms with van der Waals surface area (Å²) in [6, 6.07) is 0. The molecule has 1 aliphatic heterocycles. The predicted octanol–water partition coefficient (Wildman–Crippen LogP) is -0.137. The summed E-state index contributed by atoms with van der Waals surface area (Å²) < 4.78 is 5.12. The zero-order chi connectivity index (χ0) is 15.9. The first-order valence-electron chi connectivity index (χ1n) is 7.21. The Morgan fingerprint density at radius 3 is 2.82 bits per heavy atom. The van der Waals surface area contributed by atoms with Gasteiger partial charge in [-0.2, -0.15) is 0 Å². The number of ether oxygens (including phenoxy) is 1. The Hall–Kier alpha value is -2.22. The maximum Gasteiger partial charge on any atom is 0.310 e. The highest BCUT2D eigenvalue weighted by molar-refractivity contribution is 5.79. The molecule has 0 radical (unpaired) electrons. The highest BCUT2D eigenvalue weighted by Crippen LogP contribution is 2.16. The van der Waals surface area contributed by atoms with Gasteiger partial charge in [0, 0.05) is 45.2 Å². The van der Waals surface area contributed by atoms with Crippen molar-refractivity contribution < 1.29 is 19.4 Å². The van der Waals surface area contributed by atoms with Gasteiger partial charge in [-0.05, 0) is 6.92 Å². The number of carbonyl (C=O) groups is 2. The summed E-state index contributed by atoms with van der Waals surface area (Å²) in [6.45, 7) is 3.67. The minimum Gasteiger partial charge on any atom is -0.481 e. The van der Waals surface area contributed by atoms with E-state index in [0.717, 1.165) is 0 Å². The van der Waals surface area contributed by atoms with Crippen molar-refractivity contribution in [3.8, 4) is 0 Å². The molecule has 8 nitrogen and oxygen atoms in total. The molecule has 0 bridgehead atoms. The number of hydrogen-bond donors (Lipinski definition) is 1. The van der Waals surface area contributed by atoms with Gasteiger partial charge in [0.2, 0.25) is 5.91 Å². The van der Waals surface area contributed by atoms with Crippen LogP contribution < -0.4 is 4.90 Å². The van der Waals surface area contributed by atoms with Gasteiger partial charge < -0.3 is 19.6 Å². The molecule has 8 heteroatoms. The number of carbonyl (C=O) groups excluding carboxylic acids is 1. The van der Waals surface area contributed by atoms with Crippen LogP contribution in [0.2, 0.25) is 0 Å². The van der Waals surface area contributed by atoms with E-state index in [1.54, 1.807) is 23.5 Å². The molecule has 1 aromatic rings. The third-order valence-electron chi connectivity index (χ3n) is 3.53. The lowest BCUT2D eigenvalue weighted by molar-refractivity contribution is -0.143. The molecule has 0 saturated carbocycles. The number of hydrogen-bond acceptors (Lipinski definition) is 6. The first kappa shape index (κ1) is 16.2. The summed E-state index contributed by atoms with van der Waals surface area (Å²) in [5, 5.41) is 9.37. The van der Waals surface area contributed by atoms with Gasteiger partial charge in [0.25, 0.3) is 0 Å². The molecule has 1 aromatic heterocycles. The minimum absolute atomic E-state index is 0.0199. The fourth-order valence-corrected chi connectivity index (χ4v) is 2.34. The lowest BCUT2D eigenvalue weighted by Crippen LogP contribution is -2.40. The molecule has 1 atom stereocenters. The zero-order valence-corrected chi connectivity index (χ0v) is 12.5. The number of rotatable bonds is 5. The number of nitrogens with zero attached hydrogens (tertiary/aromatic N) is 4. The number of carboxylic acids is 1. The molecule has 22 heavy (non-hydrogen) atoms. The molecule has 0 aliphatic carbocycles. The Morgan fingerprint density at radius 1 is 1.36 bits per heavy atom. The topological polar surface area (TPSA) is 95.9 Å². The molecular weight excluding hydrogens is 288 g/mol. The smallest absolute Gasteiger partial charge is 0.310 e. The van der Waals surface area contributed by atoms with Crippen molar-refractivity contribution in [3.05, 3.63) is 18.6 Å². The molecule has 120 valence electrons. The quantitative estimate of drug-likeness (QED) is 0.809. The van der Waals surface area contributed by atoms with Crippen molar-refractivity contribution in [1.82, 2.24) is 14.9 Å². The van der Waals surface area contributed by atoms with Crippen LogP contribution in [0.15, 0.2) is 18.6 Å². The maximum absolute atomic E-state index is 12.1. The summed E-state index contributed by atoms with van der Waals surface area (Å²) in [4.78, 5) is 35.1. The van der Waals surface area contributed by atoms with Crippen LogP contribution in [0.25, 0.3) is 0 Å². The van der Waals surface area contributed by atoms with Crippen molar-refractivity contribution in [1.29, 1.82) is 0 Å². The lowest BCUT2D eigenvalue weighted by atomic mass is 10.1. The third-order valence-corrected chi connectivity index (χ3v) is 3.53. The van der Waals surface area contributed by atoms with Gasteiger partial charge in [0.1, 0.15) is 12.4 Å². The Morgan fingerprint density at radius 2 is 2.18 bits per heavy atom. The van der Waals surface area contributed by atoms with Crippen molar-refractivity contribution in [2.75, 3.05) is 44.3 Å². The van der Waals surface area contributed by atoms with Crippen LogP contribution in [0, 0.1) is 5.92 Å². The standard InChI is InChI=1S/C14H20N4O4/c1-2-22-10-13(19)18-6-5-17(8-11(9-18)14(20)21)12-7-15-3-4-16-12/h3-4,7,11H,2,5-6,8-10H2,1H3,(H,20,21). The van der Waals surface area contributed by atoms with Crippen LogP contribution in [0.4, 0.5) is 5.82 Å². The molecule has 1 unspecified atom stereocenters. The lowest BCUT2D eigenvalue weighted by Gasteiger charge is -2.22. The fourth-order valence-electron chi connectivity index (χ4n) is 2.34. The van der Waals surface area contributed by atoms with Crippen molar-refractivity contribution in [3.63, 3.8) is 0 Å². The van der Waals surface area contributed by atoms with Gasteiger partial charge in [-0.3, -0.25) is 14.6 Å². The van der Waals surface area contributed by atoms with Crippen molar-refractivity contribution >= 4 is 17.7 Å². The summed E-state index contributed by atoms with van der Waals surface area (Å²) in [5.74, 6) is -1.16. The van der Waals surface area contributed by atoms with Gasteiger partial charge in [-0.25, -0.2) is 4.98 Å². The van der Waals surface area contributed by atoms with Gasteiger partial charge in [0.05, 0.1) is 12.1 Å². The molecule has 2 heterocycles. The predicted molar refractivity (Wildman–Crippen MR) is 78.4 cm³/mol. The zero-order valence-electron chi connectivity index (χ0n) is 12.5. The largest absolute Gasteiger partial charge is 0.481 e. The normalized spacial score (nSPS) is 18.9. The Balaban J connectivity index is 2.10. The monoisotopic (exact) mass is 308 g/mol. The highest BCUT2D eigenvalue weighted by atomic mass is 16.5. The second-order valence-corrected chi connectivity index (χ2v) is 5.02. The second kappa shape index (κ2) is 7.69. The number of anilines is 1. The van der Waals surface area contributed by atoms with E-state index in [1.807, 2.05) is 11.8 Å². The molecule has 1 saturated heterocycles. The van der Waals surface area contributed by atoms with Gasteiger partial charge in [0.15, 0.2) is 0 Å². The van der Waals surface area contributed by atoms with E-state index in [0.29, 0.717) is 32.1 Å². The van der Waals surface area contributed by atoms with Gasteiger partial charge in [-0.15, -0.1) is 0 Å². The molecular formula is C14H20N4O4. The summed E-state index contributed by atoms with van der Waals surface area (Å²) in [6.07, 6.45) is 4.72. The number of amides is 1. The number of aromatic nitrogens is 2.